The summed E-state index contributed by atoms with van der Waals surface area (Å²) < 4.78 is 5.35. The van der Waals surface area contributed by atoms with Gasteiger partial charge in [0.15, 0.2) is 0 Å². The highest BCUT2D eigenvalue weighted by Gasteiger charge is 2.21. The average molecular weight is 203 g/mol. The van der Waals surface area contributed by atoms with Gasteiger partial charge in [0, 0.05) is 11.3 Å². The Kier molecular flexibility index (Phi) is 2.46. The fraction of sp³-hybridized carbons (Fsp3) is 0.250. The molecule has 15 heavy (non-hydrogen) atoms. The number of ether oxygens (including phenoxy) is 1. The number of benzene rings is 1. The predicted molar refractivity (Wildman–Crippen MR) is 59.4 cm³/mol. The van der Waals surface area contributed by atoms with E-state index in [2.05, 4.69) is 11.9 Å². The third-order valence-corrected chi connectivity index (χ3v) is 2.41. The molecule has 1 aromatic rings. The number of carbonyl (C=O) groups excluding carboxylic acids is 1. The maximum Gasteiger partial charge on any atom is 0.228 e. The van der Waals surface area contributed by atoms with Crippen molar-refractivity contribution in [2.24, 2.45) is 0 Å². The van der Waals surface area contributed by atoms with Gasteiger partial charge in [0.2, 0.25) is 5.91 Å². The van der Waals surface area contributed by atoms with Crippen molar-refractivity contribution in [1.29, 1.82) is 0 Å². The molecule has 78 valence electrons. The van der Waals surface area contributed by atoms with Gasteiger partial charge < -0.3 is 10.1 Å². The second-order valence-corrected chi connectivity index (χ2v) is 3.41. The number of hydrogen-bond donors (Lipinski definition) is 1. The molecule has 0 saturated carbocycles. The first-order valence-corrected chi connectivity index (χ1v) is 4.96. The molecule has 0 bridgehead atoms. The van der Waals surface area contributed by atoms with Gasteiger partial charge in [-0.25, -0.2) is 0 Å². The van der Waals surface area contributed by atoms with Crippen LogP contribution in [-0.4, -0.2) is 12.5 Å². The predicted octanol–water partition coefficient (Wildman–Crippen LogP) is 2.19. The summed E-state index contributed by atoms with van der Waals surface area (Å²) in [6, 6.07) is 5.71. The molecule has 1 aromatic carbocycles. The van der Waals surface area contributed by atoms with E-state index < -0.39 is 0 Å². The Labute approximate surface area is 88.8 Å². The van der Waals surface area contributed by atoms with E-state index in [0.717, 1.165) is 16.8 Å². The molecule has 1 N–H and O–H groups in total. The maximum atomic E-state index is 11.3. The van der Waals surface area contributed by atoms with Crippen LogP contribution in [0.4, 0.5) is 5.69 Å². The second-order valence-electron chi connectivity index (χ2n) is 3.41. The van der Waals surface area contributed by atoms with Gasteiger partial charge in [0.1, 0.15) is 5.76 Å². The summed E-state index contributed by atoms with van der Waals surface area (Å²) in [5, 5.41) is 2.80. The molecular weight excluding hydrogens is 190 g/mol. The van der Waals surface area contributed by atoms with E-state index in [9.17, 15) is 4.79 Å². The zero-order valence-electron chi connectivity index (χ0n) is 8.67. The lowest BCUT2D eigenvalue weighted by atomic mass is 10.0. The molecule has 0 aromatic heterocycles. The number of amides is 1. The van der Waals surface area contributed by atoms with E-state index in [0.29, 0.717) is 18.8 Å². The van der Waals surface area contributed by atoms with E-state index in [1.54, 1.807) is 0 Å². The zero-order chi connectivity index (χ0) is 10.8. The molecule has 0 aliphatic carbocycles. The molecule has 0 fully saturated rings. The highest BCUT2D eigenvalue weighted by Crippen LogP contribution is 2.30. The minimum Gasteiger partial charge on any atom is -0.494 e. The van der Waals surface area contributed by atoms with Gasteiger partial charge >= 0.3 is 0 Å². The van der Waals surface area contributed by atoms with Crippen LogP contribution < -0.4 is 5.32 Å². The standard InChI is InChI=1S/C12H13NO2/c1-3-15-8(2)9-5-4-6-11-10(9)7-12(14)13-11/h4-6H,2-3,7H2,1H3,(H,13,14). The fourth-order valence-electron chi connectivity index (χ4n) is 1.76. The lowest BCUT2D eigenvalue weighted by Crippen LogP contribution is -2.03. The maximum absolute atomic E-state index is 11.3. The van der Waals surface area contributed by atoms with E-state index in [1.165, 1.54) is 0 Å². The van der Waals surface area contributed by atoms with Crippen LogP contribution in [0.25, 0.3) is 5.76 Å². The number of fused-ring (bicyclic) bond motifs is 1. The van der Waals surface area contributed by atoms with Crippen LogP contribution in [0.1, 0.15) is 18.1 Å². The molecule has 0 radical (unpaired) electrons. The topological polar surface area (TPSA) is 38.3 Å². The summed E-state index contributed by atoms with van der Waals surface area (Å²) in [6.45, 7) is 6.36. The Morgan fingerprint density at radius 2 is 2.40 bits per heavy atom. The SMILES string of the molecule is C=C(OCC)c1cccc2c1CC(=O)N2. The van der Waals surface area contributed by atoms with E-state index in [1.807, 2.05) is 25.1 Å². The van der Waals surface area contributed by atoms with E-state index in [4.69, 9.17) is 4.74 Å². The van der Waals surface area contributed by atoms with Crippen LogP contribution in [-0.2, 0) is 16.0 Å². The van der Waals surface area contributed by atoms with E-state index >= 15 is 0 Å². The van der Waals surface area contributed by atoms with Gasteiger partial charge in [-0.05, 0) is 18.6 Å². The molecule has 2 rings (SSSR count). The van der Waals surface area contributed by atoms with Crippen molar-refractivity contribution in [3.8, 4) is 0 Å². The summed E-state index contributed by atoms with van der Waals surface area (Å²) in [7, 11) is 0. The Hall–Kier alpha value is -1.77. The van der Waals surface area contributed by atoms with Crippen molar-refractivity contribution in [2.75, 3.05) is 11.9 Å². The summed E-state index contributed by atoms with van der Waals surface area (Å²) in [5.74, 6) is 0.660. The van der Waals surface area contributed by atoms with Crippen molar-refractivity contribution in [2.45, 2.75) is 13.3 Å². The van der Waals surface area contributed by atoms with Crippen LogP contribution in [0, 0.1) is 0 Å². The second kappa shape index (κ2) is 3.77. The number of nitrogens with one attached hydrogen (secondary N) is 1. The summed E-state index contributed by atoms with van der Waals surface area (Å²) in [4.78, 5) is 11.3. The van der Waals surface area contributed by atoms with Crippen molar-refractivity contribution < 1.29 is 9.53 Å². The van der Waals surface area contributed by atoms with Gasteiger partial charge in [-0.3, -0.25) is 4.79 Å². The fourth-order valence-corrected chi connectivity index (χ4v) is 1.76. The normalized spacial score (nSPS) is 13.3. The summed E-state index contributed by atoms with van der Waals surface area (Å²) in [6.07, 6.45) is 0.414. The molecule has 0 spiro atoms. The molecule has 1 amide bonds. The minimum absolute atomic E-state index is 0.0294. The molecule has 3 nitrogen and oxygen atoms in total. The number of carbonyl (C=O) groups is 1. The monoisotopic (exact) mass is 203 g/mol. The van der Waals surface area contributed by atoms with Crippen LogP contribution in [0.3, 0.4) is 0 Å². The van der Waals surface area contributed by atoms with Gasteiger partial charge in [0.05, 0.1) is 13.0 Å². The Balaban J connectivity index is 2.38. The molecule has 3 heteroatoms. The van der Waals surface area contributed by atoms with E-state index in [-0.39, 0.29) is 5.91 Å². The number of hydrogen-bond acceptors (Lipinski definition) is 2. The first kappa shape index (κ1) is 9.77. The number of rotatable bonds is 3. The molecule has 0 unspecified atom stereocenters. The smallest absolute Gasteiger partial charge is 0.228 e. The molecular formula is C12H13NO2. The van der Waals surface area contributed by atoms with Gasteiger partial charge in [0.25, 0.3) is 0 Å². The largest absolute Gasteiger partial charge is 0.494 e. The third kappa shape index (κ3) is 1.73. The van der Waals surface area contributed by atoms with Crippen molar-refractivity contribution >= 4 is 17.4 Å². The Morgan fingerprint density at radius 3 is 3.13 bits per heavy atom. The minimum atomic E-state index is 0.0294. The van der Waals surface area contributed by atoms with Gasteiger partial charge in [-0.2, -0.15) is 0 Å². The molecule has 1 heterocycles. The highest BCUT2D eigenvalue weighted by atomic mass is 16.5. The molecule has 0 atom stereocenters. The molecule has 1 aliphatic heterocycles. The summed E-state index contributed by atoms with van der Waals surface area (Å²) in [5.41, 5.74) is 2.78. The van der Waals surface area contributed by atoms with Gasteiger partial charge in [-0.15, -0.1) is 0 Å². The lowest BCUT2D eigenvalue weighted by Gasteiger charge is -2.10. The van der Waals surface area contributed by atoms with Crippen LogP contribution in [0.2, 0.25) is 0 Å². The van der Waals surface area contributed by atoms with Crippen LogP contribution >= 0.6 is 0 Å². The van der Waals surface area contributed by atoms with Crippen molar-refractivity contribution in [1.82, 2.24) is 0 Å². The Bertz CT molecular complexity index is 424. The lowest BCUT2D eigenvalue weighted by molar-refractivity contribution is -0.115. The van der Waals surface area contributed by atoms with Crippen LogP contribution in [0.5, 0.6) is 0 Å². The average Bonchev–Trinajstić information content (AvgIpc) is 2.57. The van der Waals surface area contributed by atoms with Gasteiger partial charge in [-0.1, -0.05) is 18.7 Å². The zero-order valence-corrected chi connectivity index (χ0v) is 8.67. The third-order valence-electron chi connectivity index (χ3n) is 2.41. The first-order chi connectivity index (χ1) is 7.22. The summed E-state index contributed by atoms with van der Waals surface area (Å²) >= 11 is 0. The number of anilines is 1. The van der Waals surface area contributed by atoms with Crippen molar-refractivity contribution in [3.63, 3.8) is 0 Å². The van der Waals surface area contributed by atoms with Crippen molar-refractivity contribution in [3.05, 3.63) is 35.9 Å². The molecule has 0 saturated heterocycles. The highest BCUT2D eigenvalue weighted by molar-refractivity contribution is 6.00. The van der Waals surface area contributed by atoms with Crippen LogP contribution in [0.15, 0.2) is 24.8 Å². The quantitative estimate of drug-likeness (QED) is 0.765. The molecule has 1 aliphatic rings. The Morgan fingerprint density at radius 1 is 1.60 bits per heavy atom. The first-order valence-electron chi connectivity index (χ1n) is 4.96.